The number of carboxylic acids is 2. The minimum atomic E-state index is -5.08. The lowest BCUT2D eigenvalue weighted by atomic mass is 9.50. The van der Waals surface area contributed by atoms with E-state index in [1.165, 1.54) is 44.9 Å². The molecule has 11 nitrogen and oxygen atoms in total. The first-order chi connectivity index (χ1) is 26.6. The molecule has 1 aromatic rings. The van der Waals surface area contributed by atoms with E-state index < -0.39 is 53.5 Å². The molecule has 312 valence electrons. The fourth-order valence-corrected chi connectivity index (χ4v) is 8.86. The van der Waals surface area contributed by atoms with Crippen molar-refractivity contribution in [2.45, 2.75) is 158 Å². The fraction of sp³-hybridized carbons (Fsp3) is 0.667. The second kappa shape index (κ2) is 20.0. The van der Waals surface area contributed by atoms with Gasteiger partial charge in [-0.15, -0.1) is 0 Å². The van der Waals surface area contributed by atoms with Gasteiger partial charge in [0.25, 0.3) is 0 Å². The second-order valence-electron chi connectivity index (χ2n) is 15.7. The number of hydrogen-bond donors (Lipinski definition) is 4. The summed E-state index contributed by atoms with van der Waals surface area (Å²) in [6.07, 6.45) is 16.4. The lowest BCUT2D eigenvalue weighted by Gasteiger charge is -2.61. The quantitative estimate of drug-likeness (QED) is 0.0541. The van der Waals surface area contributed by atoms with Gasteiger partial charge in [0.1, 0.15) is 11.5 Å². The van der Waals surface area contributed by atoms with Gasteiger partial charge in [0.15, 0.2) is 17.6 Å². The van der Waals surface area contributed by atoms with E-state index in [1.807, 2.05) is 13.1 Å². The van der Waals surface area contributed by atoms with Gasteiger partial charge < -0.3 is 34.8 Å². The molecular formula is C42H58F3NO10. The van der Waals surface area contributed by atoms with E-state index in [-0.39, 0.29) is 36.2 Å². The van der Waals surface area contributed by atoms with Crippen molar-refractivity contribution in [2.75, 3.05) is 13.6 Å². The molecule has 5 atom stereocenters. The number of benzene rings is 1. The number of carbonyl (C=O) groups is 4. The monoisotopic (exact) mass is 793 g/mol. The molecule has 2 aliphatic carbocycles. The summed E-state index contributed by atoms with van der Waals surface area (Å²) in [6, 6.07) is 3.29. The number of Topliss-reactive ketones (excluding diaryl/α,β-unsaturated/α-hetero) is 1. The molecule has 1 fully saturated rings. The largest absolute Gasteiger partial charge is 0.504 e. The Bertz CT molecular complexity index is 1610. The van der Waals surface area contributed by atoms with Crippen LogP contribution in [0.15, 0.2) is 36.1 Å². The molecule has 0 amide bonds. The number of allylic oxidation sites excluding steroid dienone is 2. The van der Waals surface area contributed by atoms with Crippen molar-refractivity contribution >= 4 is 23.7 Å². The first kappa shape index (κ1) is 44.8. The molecule has 2 heterocycles. The van der Waals surface area contributed by atoms with Crippen LogP contribution >= 0.6 is 0 Å². The lowest BCUT2D eigenvalue weighted by molar-refractivity contribution is -0.192. The molecule has 1 spiro atoms. The number of nitrogens with zero attached hydrogens (tertiary/aromatic N) is 1. The molecule has 4 aliphatic rings. The van der Waals surface area contributed by atoms with Gasteiger partial charge in [-0.1, -0.05) is 76.5 Å². The molecular weight excluding hydrogens is 735 g/mol. The van der Waals surface area contributed by atoms with Crippen LogP contribution in [-0.4, -0.2) is 86.5 Å². The molecule has 14 heteroatoms. The molecule has 1 unspecified atom stereocenters. The van der Waals surface area contributed by atoms with Gasteiger partial charge >= 0.3 is 24.1 Å². The summed E-state index contributed by atoms with van der Waals surface area (Å²) in [7, 11) is 2.00. The summed E-state index contributed by atoms with van der Waals surface area (Å²) in [4.78, 5) is 49.2. The fourth-order valence-electron chi connectivity index (χ4n) is 8.86. The van der Waals surface area contributed by atoms with E-state index in [0.717, 1.165) is 43.2 Å². The maximum Gasteiger partial charge on any atom is 0.490 e. The Kier molecular flexibility index (Phi) is 16.0. The summed E-state index contributed by atoms with van der Waals surface area (Å²) in [5.74, 6) is -5.49. The van der Waals surface area contributed by atoms with Gasteiger partial charge in [-0.25, -0.2) is 4.79 Å². The Balaban J connectivity index is 0.000000908. The summed E-state index contributed by atoms with van der Waals surface area (Å²) in [5.41, 5.74) is -0.345. The number of likely N-dealkylation sites (tertiary alicyclic amines) is 1. The van der Waals surface area contributed by atoms with Crippen molar-refractivity contribution in [1.29, 1.82) is 0 Å². The summed E-state index contributed by atoms with van der Waals surface area (Å²) >= 11 is 0. The molecule has 2 bridgehead atoms. The second-order valence-corrected chi connectivity index (χ2v) is 15.7. The summed E-state index contributed by atoms with van der Waals surface area (Å²) < 4.78 is 44.0. The first-order valence-electron chi connectivity index (χ1n) is 20.1. The van der Waals surface area contributed by atoms with Crippen LogP contribution < -0.4 is 4.74 Å². The normalized spacial score (nSPS) is 24.0. The Morgan fingerprint density at radius 3 is 2.18 bits per heavy atom. The number of alkyl halides is 3. The number of likely N-dealkylation sites (N-methyl/N-ethyl adjacent to an activating group) is 1. The third kappa shape index (κ3) is 10.5. The summed E-state index contributed by atoms with van der Waals surface area (Å²) in [6.45, 7) is 2.93. The smallest absolute Gasteiger partial charge is 0.490 e. The number of ether oxygens (including phenoxy) is 2. The van der Waals surface area contributed by atoms with E-state index in [0.29, 0.717) is 38.0 Å². The van der Waals surface area contributed by atoms with E-state index in [9.17, 15) is 42.9 Å². The van der Waals surface area contributed by atoms with Gasteiger partial charge in [0.2, 0.25) is 0 Å². The maximum absolute atomic E-state index is 13.5. The number of ketones is 1. The van der Waals surface area contributed by atoms with Gasteiger partial charge in [-0.3, -0.25) is 14.4 Å². The van der Waals surface area contributed by atoms with Crippen molar-refractivity contribution in [1.82, 2.24) is 4.90 Å². The zero-order valence-electron chi connectivity index (χ0n) is 32.6. The van der Waals surface area contributed by atoms with Crippen molar-refractivity contribution < 1.29 is 62.2 Å². The zero-order chi connectivity index (χ0) is 41.1. The number of halogens is 3. The van der Waals surface area contributed by atoms with Gasteiger partial charge in [0.05, 0.1) is 23.4 Å². The number of aromatic hydroxyl groups is 1. The van der Waals surface area contributed by atoms with Crippen LogP contribution in [0.1, 0.15) is 134 Å². The van der Waals surface area contributed by atoms with Gasteiger partial charge in [-0.05, 0) is 76.2 Å². The Labute approximate surface area is 326 Å². The molecule has 4 N–H and O–H groups in total. The predicted octanol–water partition coefficient (Wildman–Crippen LogP) is 7.93. The van der Waals surface area contributed by atoms with Crippen LogP contribution in [0, 0.1) is 5.92 Å². The standard InChI is InChI=1S/C40H57NO8.C2HF3O2/c1-3-4-5-6-7-8-9-10-11-12-13-14-15-16-17-18-30(42)25-29(27-34(44)45)38(46)48-32-21-22-40(47)33-26-28-19-20-31(43)36-35(28)39(40,37(32)49-36)23-24-41(33)2;3-2(4,5)1(6)7/h10-11,19-21,29,33,37,43,47H,3-9,12-18,22-27H2,1-2H3,(H,44,45);(H,6,7)/b11-10-;/t29?,33-,37+,39+,40-;/m1./s1. The maximum atomic E-state index is 13.5. The minimum absolute atomic E-state index is 0.0297. The Morgan fingerprint density at radius 2 is 1.57 bits per heavy atom. The average molecular weight is 794 g/mol. The van der Waals surface area contributed by atoms with E-state index >= 15 is 0 Å². The number of aliphatic hydroxyl groups is 1. The van der Waals surface area contributed by atoms with Crippen molar-refractivity contribution in [2.24, 2.45) is 5.92 Å². The topological polar surface area (TPSA) is 171 Å². The number of carbonyl (C=O) groups excluding carboxylic acids is 2. The number of aliphatic carboxylic acids is 2. The lowest BCUT2D eigenvalue weighted by Crippen LogP contribution is -2.74. The van der Waals surface area contributed by atoms with Crippen LogP contribution in [-0.2, 0) is 35.8 Å². The average Bonchev–Trinajstić information content (AvgIpc) is 3.49. The zero-order valence-corrected chi connectivity index (χ0v) is 32.6. The van der Waals surface area contributed by atoms with Crippen molar-refractivity contribution in [3.05, 3.63) is 47.2 Å². The number of rotatable bonds is 21. The number of carboxylic acid groups (broad SMARTS) is 2. The third-order valence-electron chi connectivity index (χ3n) is 11.8. The number of unbranched alkanes of at least 4 members (excludes halogenated alkanes) is 11. The van der Waals surface area contributed by atoms with E-state index in [2.05, 4.69) is 24.0 Å². The van der Waals surface area contributed by atoms with Crippen LogP contribution in [0.25, 0.3) is 0 Å². The molecule has 56 heavy (non-hydrogen) atoms. The molecule has 5 rings (SSSR count). The molecule has 1 saturated heterocycles. The van der Waals surface area contributed by atoms with Crippen LogP contribution in [0.2, 0.25) is 0 Å². The van der Waals surface area contributed by atoms with Crippen molar-refractivity contribution in [3.63, 3.8) is 0 Å². The van der Waals surface area contributed by atoms with E-state index in [4.69, 9.17) is 19.4 Å². The highest BCUT2D eigenvalue weighted by Crippen LogP contribution is 2.65. The molecule has 0 saturated carbocycles. The predicted molar refractivity (Wildman–Crippen MR) is 201 cm³/mol. The van der Waals surface area contributed by atoms with Gasteiger partial charge in [-0.2, -0.15) is 13.2 Å². The van der Waals surface area contributed by atoms with Gasteiger partial charge in [0, 0.05) is 30.9 Å². The van der Waals surface area contributed by atoms with Crippen LogP contribution in [0.4, 0.5) is 13.2 Å². The first-order valence-corrected chi connectivity index (χ1v) is 20.1. The number of piperidine rings is 1. The Hall–Kier alpha value is -3.91. The Morgan fingerprint density at radius 1 is 0.964 bits per heavy atom. The number of phenols is 1. The number of esters is 1. The molecule has 0 radical (unpaired) electrons. The van der Waals surface area contributed by atoms with Crippen LogP contribution in [0.3, 0.4) is 0 Å². The van der Waals surface area contributed by atoms with E-state index in [1.54, 1.807) is 12.1 Å². The third-order valence-corrected chi connectivity index (χ3v) is 11.8. The van der Waals surface area contributed by atoms with Crippen molar-refractivity contribution in [3.8, 4) is 11.5 Å². The molecule has 1 aromatic carbocycles. The molecule has 2 aliphatic heterocycles. The summed E-state index contributed by atoms with van der Waals surface area (Å²) in [5, 5.41) is 39.8. The highest BCUT2D eigenvalue weighted by molar-refractivity contribution is 5.87. The minimum Gasteiger partial charge on any atom is -0.504 e. The molecule has 0 aromatic heterocycles. The highest BCUT2D eigenvalue weighted by atomic mass is 19.4. The number of phenolic OH excluding ortho intramolecular Hbond substituents is 1. The SMILES string of the molecule is CCCCCCCC/C=C\CCCCCCCC(=O)CC(CC(=O)O)C(=O)OC1=CC[C@@]2(O)[C@H]3Cc4ccc(O)c5c4[C@@]2(CCN3C)[C@H]1O5.O=C(O)C(F)(F)F. The number of hydrogen-bond acceptors (Lipinski definition) is 9. The van der Waals surface area contributed by atoms with Crippen LogP contribution in [0.5, 0.6) is 11.5 Å². The highest BCUT2D eigenvalue weighted by Gasteiger charge is 2.72.